The van der Waals surface area contributed by atoms with Crippen molar-refractivity contribution in [1.82, 2.24) is 29.2 Å². The van der Waals surface area contributed by atoms with Gasteiger partial charge in [0, 0.05) is 36.4 Å². The zero-order chi connectivity index (χ0) is 30.8. The summed E-state index contributed by atoms with van der Waals surface area (Å²) in [5.74, 6) is 1.23. The third-order valence-corrected chi connectivity index (χ3v) is 9.17. The molecule has 0 amide bonds. The Hall–Kier alpha value is -4.12. The van der Waals surface area contributed by atoms with Gasteiger partial charge in [-0.25, -0.2) is 28.1 Å². The molecule has 2 aliphatic rings. The lowest BCUT2D eigenvalue weighted by Crippen LogP contribution is -2.47. The van der Waals surface area contributed by atoms with Crippen LogP contribution in [0.2, 0.25) is 0 Å². The smallest absolute Gasteiger partial charge is 0.278 e. The van der Waals surface area contributed by atoms with Crippen LogP contribution in [-0.2, 0) is 6.54 Å². The Kier molecular flexibility index (Phi) is 8.48. The number of alkyl halides is 2. The van der Waals surface area contributed by atoms with Crippen molar-refractivity contribution >= 4 is 28.4 Å². The summed E-state index contributed by atoms with van der Waals surface area (Å²) < 4.78 is 28.9. The number of aromatic nitrogens is 5. The van der Waals surface area contributed by atoms with E-state index in [9.17, 15) is 13.6 Å². The van der Waals surface area contributed by atoms with Crippen LogP contribution in [0, 0.1) is 5.41 Å². The summed E-state index contributed by atoms with van der Waals surface area (Å²) in [4.78, 5) is 31.6. The van der Waals surface area contributed by atoms with Gasteiger partial charge in [-0.05, 0) is 86.5 Å². The van der Waals surface area contributed by atoms with Gasteiger partial charge in [0.2, 0.25) is 5.95 Å². The Morgan fingerprint density at radius 2 is 1.70 bits per heavy atom. The maximum absolute atomic E-state index is 13.3. The molecule has 6 rings (SSSR count). The number of nitrogens with zero attached hydrogens (tertiary/aromatic N) is 7. The van der Waals surface area contributed by atoms with E-state index in [2.05, 4.69) is 47.8 Å². The number of anilines is 3. The second-order valence-corrected chi connectivity index (χ2v) is 12.3. The molecule has 0 radical (unpaired) electrons. The van der Waals surface area contributed by atoms with Crippen molar-refractivity contribution in [3.63, 3.8) is 0 Å². The average Bonchev–Trinajstić information content (AvgIpc) is 3.29. The highest BCUT2D eigenvalue weighted by Gasteiger charge is 2.38. The van der Waals surface area contributed by atoms with Gasteiger partial charge in [0.25, 0.3) is 12.0 Å². The highest BCUT2D eigenvalue weighted by molar-refractivity contribution is 5.77. The van der Waals surface area contributed by atoms with E-state index in [1.54, 1.807) is 21.6 Å². The second-order valence-electron chi connectivity index (χ2n) is 12.3. The van der Waals surface area contributed by atoms with Crippen molar-refractivity contribution in [2.24, 2.45) is 5.41 Å². The third-order valence-electron chi connectivity index (χ3n) is 9.17. The maximum atomic E-state index is 13.3. The number of nitrogens with one attached hydrogen (secondary N) is 1. The van der Waals surface area contributed by atoms with E-state index in [-0.39, 0.29) is 23.4 Å². The van der Waals surface area contributed by atoms with Gasteiger partial charge < -0.3 is 10.2 Å². The minimum Gasteiger partial charge on any atom is -0.371 e. The van der Waals surface area contributed by atoms with Gasteiger partial charge in [-0.15, -0.1) is 6.58 Å². The summed E-state index contributed by atoms with van der Waals surface area (Å²) in [6.45, 7) is 11.7. The first kappa shape index (κ1) is 29.9. The van der Waals surface area contributed by atoms with Crippen molar-refractivity contribution < 1.29 is 8.78 Å². The molecule has 0 bridgehead atoms. The van der Waals surface area contributed by atoms with E-state index in [0.717, 1.165) is 68.9 Å². The van der Waals surface area contributed by atoms with Gasteiger partial charge in [-0.1, -0.05) is 26.0 Å². The molecule has 4 aromatic rings. The van der Waals surface area contributed by atoms with Crippen molar-refractivity contribution in [2.75, 3.05) is 42.9 Å². The predicted octanol–water partition coefficient (Wildman–Crippen LogP) is 5.98. The van der Waals surface area contributed by atoms with E-state index in [4.69, 9.17) is 9.97 Å². The first-order valence-corrected chi connectivity index (χ1v) is 15.4. The third kappa shape index (κ3) is 6.10. The number of likely N-dealkylation sites (tertiary alicyclic amines) is 1. The summed E-state index contributed by atoms with van der Waals surface area (Å²) in [7, 11) is 0. The summed E-state index contributed by atoms with van der Waals surface area (Å²) in [6.07, 6.45) is 5.17. The number of pyridine rings is 1. The zero-order valence-corrected chi connectivity index (χ0v) is 25.4. The minimum absolute atomic E-state index is 0.105. The number of benzene rings is 1. The van der Waals surface area contributed by atoms with Crippen LogP contribution in [0.5, 0.6) is 0 Å². The molecule has 0 saturated carbocycles. The maximum Gasteiger partial charge on any atom is 0.278 e. The molecule has 44 heavy (non-hydrogen) atoms. The lowest BCUT2D eigenvalue weighted by molar-refractivity contribution is 0.0338. The van der Waals surface area contributed by atoms with Crippen LogP contribution in [0.3, 0.4) is 0 Å². The van der Waals surface area contributed by atoms with E-state index in [0.29, 0.717) is 29.3 Å². The van der Waals surface area contributed by atoms with Gasteiger partial charge in [-0.2, -0.15) is 4.98 Å². The van der Waals surface area contributed by atoms with Crippen LogP contribution in [0.15, 0.2) is 66.1 Å². The number of halogens is 2. The SMILES string of the molecule is C=CCn1c(=O)c2cnc(Nc3ccc(N4CCC5(CCN(CC(F)F)CC5)CC4)cc3)nc2n1-c1cccc(C(C)C)n1. The lowest BCUT2D eigenvalue weighted by Gasteiger charge is -2.47. The molecule has 1 spiro atoms. The van der Waals surface area contributed by atoms with Crippen molar-refractivity contribution in [3.8, 4) is 5.82 Å². The Bertz CT molecular complexity index is 1660. The lowest BCUT2D eigenvalue weighted by atomic mass is 9.71. The predicted molar refractivity (Wildman–Crippen MR) is 170 cm³/mol. The first-order chi connectivity index (χ1) is 21.2. The number of hydrogen-bond donors (Lipinski definition) is 1. The molecular formula is C33H40F2N8O. The van der Waals surface area contributed by atoms with Crippen molar-refractivity contribution in [2.45, 2.75) is 58.4 Å². The molecule has 11 heteroatoms. The topological polar surface area (TPSA) is 84.1 Å². The molecular weight excluding hydrogens is 562 g/mol. The summed E-state index contributed by atoms with van der Waals surface area (Å²) >= 11 is 0. The van der Waals surface area contributed by atoms with Crippen LogP contribution in [0.25, 0.3) is 16.9 Å². The summed E-state index contributed by atoms with van der Waals surface area (Å²) in [5.41, 5.74) is 3.48. The first-order valence-electron chi connectivity index (χ1n) is 15.4. The molecule has 1 aromatic carbocycles. The van der Waals surface area contributed by atoms with Crippen LogP contribution in [0.1, 0.15) is 51.1 Å². The van der Waals surface area contributed by atoms with Crippen LogP contribution < -0.4 is 15.8 Å². The molecule has 9 nitrogen and oxygen atoms in total. The monoisotopic (exact) mass is 602 g/mol. The molecule has 2 fully saturated rings. The normalized spacial score (nSPS) is 17.2. The number of allylic oxidation sites excluding steroid dienone is 1. The quantitative estimate of drug-likeness (QED) is 0.236. The second kappa shape index (κ2) is 12.5. The molecule has 1 N–H and O–H groups in total. The fourth-order valence-corrected chi connectivity index (χ4v) is 6.52. The zero-order valence-electron chi connectivity index (χ0n) is 25.4. The highest BCUT2D eigenvalue weighted by atomic mass is 19.3. The molecule has 3 aromatic heterocycles. The highest BCUT2D eigenvalue weighted by Crippen LogP contribution is 2.42. The molecule has 2 aliphatic heterocycles. The van der Waals surface area contributed by atoms with Crippen LogP contribution >= 0.6 is 0 Å². The van der Waals surface area contributed by atoms with E-state index in [1.165, 1.54) is 0 Å². The van der Waals surface area contributed by atoms with Crippen LogP contribution in [0.4, 0.5) is 26.1 Å². The Morgan fingerprint density at radius 3 is 2.36 bits per heavy atom. The Balaban J connectivity index is 1.17. The van der Waals surface area contributed by atoms with Gasteiger partial charge in [0.1, 0.15) is 5.39 Å². The number of rotatable bonds is 9. The Morgan fingerprint density at radius 1 is 1.00 bits per heavy atom. The van der Waals surface area contributed by atoms with E-state index in [1.807, 2.05) is 35.2 Å². The largest absolute Gasteiger partial charge is 0.371 e. The number of fused-ring (bicyclic) bond motifs is 1. The molecule has 232 valence electrons. The molecule has 2 saturated heterocycles. The standard InChI is InChI=1S/C33H40F2N8O/c1-4-16-42-31(44)26-21-36-32(39-30(26)43(42)29-7-5-6-27(38-29)23(2)3)37-24-8-10-25(11-9-24)41-19-14-33(15-20-41)12-17-40(18-13-33)22-28(34)35/h4-11,21,23,28H,1,12-20,22H2,2-3H3,(H,36,37,39). The number of hydrogen-bond acceptors (Lipinski definition) is 7. The fraction of sp³-hybridized carbons (Fsp3) is 0.455. The Labute approximate surface area is 256 Å². The number of piperidine rings is 2. The summed E-state index contributed by atoms with van der Waals surface area (Å²) in [5, 5.41) is 3.70. The van der Waals surface area contributed by atoms with Crippen molar-refractivity contribution in [1.29, 1.82) is 0 Å². The van der Waals surface area contributed by atoms with Crippen LogP contribution in [-0.4, -0.2) is 68.4 Å². The average molecular weight is 603 g/mol. The molecule has 0 unspecified atom stereocenters. The van der Waals surface area contributed by atoms with Gasteiger partial charge in [-0.3, -0.25) is 9.69 Å². The van der Waals surface area contributed by atoms with E-state index < -0.39 is 6.43 Å². The van der Waals surface area contributed by atoms with Gasteiger partial charge in [0.05, 0.1) is 13.1 Å². The van der Waals surface area contributed by atoms with E-state index >= 15 is 0 Å². The van der Waals surface area contributed by atoms with Crippen molar-refractivity contribution in [3.05, 3.63) is 77.4 Å². The fourth-order valence-electron chi connectivity index (χ4n) is 6.52. The molecule has 0 atom stereocenters. The van der Waals surface area contributed by atoms with Gasteiger partial charge in [0.15, 0.2) is 11.5 Å². The van der Waals surface area contributed by atoms with Gasteiger partial charge >= 0.3 is 0 Å². The molecule has 0 aliphatic carbocycles. The summed E-state index contributed by atoms with van der Waals surface area (Å²) in [6, 6.07) is 14.0. The molecule has 5 heterocycles. The minimum atomic E-state index is -2.26.